The van der Waals surface area contributed by atoms with Crippen molar-refractivity contribution in [3.8, 4) is 11.1 Å². The molecule has 0 aromatic heterocycles. The van der Waals surface area contributed by atoms with Crippen molar-refractivity contribution in [1.82, 2.24) is 0 Å². The minimum absolute atomic E-state index is 0.153. The van der Waals surface area contributed by atoms with Crippen molar-refractivity contribution in [3.63, 3.8) is 0 Å². The van der Waals surface area contributed by atoms with Crippen LogP contribution in [0.2, 0.25) is 5.02 Å². The predicted octanol–water partition coefficient (Wildman–Crippen LogP) is 7.67. The van der Waals surface area contributed by atoms with Gasteiger partial charge in [-0.05, 0) is 66.8 Å². The number of urea groups is 1. The Morgan fingerprint density at radius 3 is 2.21 bits per heavy atom. The number of alkyl halides is 3. The number of amides is 2. The summed E-state index contributed by atoms with van der Waals surface area (Å²) in [5.41, 5.74) is 1.65. The first kappa shape index (κ1) is 27.2. The Hall–Kier alpha value is -3.85. The molecular weight excluding hydrogens is 521 g/mol. The van der Waals surface area contributed by atoms with Crippen molar-refractivity contribution >= 4 is 40.8 Å². The fourth-order valence-corrected chi connectivity index (χ4v) is 5.04. The summed E-state index contributed by atoms with van der Waals surface area (Å²) in [6.07, 6.45) is -3.19. The molecule has 4 rings (SSSR count). The average Bonchev–Trinajstić information content (AvgIpc) is 2.85. The summed E-state index contributed by atoms with van der Waals surface area (Å²) in [4.78, 5) is 36.8. The van der Waals surface area contributed by atoms with Gasteiger partial charge in [0.1, 0.15) is 0 Å². The van der Waals surface area contributed by atoms with E-state index in [1.165, 1.54) is 0 Å². The zero-order chi connectivity index (χ0) is 27.7. The maximum absolute atomic E-state index is 13.2. The fourth-order valence-electron chi connectivity index (χ4n) is 4.75. The third-order valence-electron chi connectivity index (χ3n) is 6.88. The van der Waals surface area contributed by atoms with Gasteiger partial charge in [-0.15, -0.1) is 0 Å². The van der Waals surface area contributed by atoms with Crippen LogP contribution in [0.3, 0.4) is 0 Å². The molecule has 3 N–H and O–H groups in total. The van der Waals surface area contributed by atoms with Gasteiger partial charge < -0.3 is 15.7 Å². The van der Waals surface area contributed by atoms with Gasteiger partial charge in [0.15, 0.2) is 5.78 Å². The maximum atomic E-state index is 13.2. The molecule has 6 nitrogen and oxygen atoms in total. The topological polar surface area (TPSA) is 95.5 Å². The minimum atomic E-state index is -4.46. The van der Waals surface area contributed by atoms with Crippen LogP contribution in [-0.4, -0.2) is 22.9 Å². The molecule has 0 fully saturated rings. The molecule has 0 bridgehead atoms. The van der Waals surface area contributed by atoms with Gasteiger partial charge in [0.05, 0.1) is 17.0 Å². The van der Waals surface area contributed by atoms with E-state index in [1.807, 2.05) is 13.0 Å². The Morgan fingerprint density at radius 2 is 1.61 bits per heavy atom. The van der Waals surface area contributed by atoms with Crippen LogP contribution in [0.25, 0.3) is 11.1 Å². The Kier molecular flexibility index (Phi) is 7.51. The molecule has 1 aliphatic rings. The van der Waals surface area contributed by atoms with Crippen molar-refractivity contribution < 1.29 is 32.7 Å². The smallest absolute Gasteiger partial charge is 0.416 e. The van der Waals surface area contributed by atoms with Crippen LogP contribution in [0.5, 0.6) is 0 Å². The molecule has 38 heavy (non-hydrogen) atoms. The second-order valence-electron chi connectivity index (χ2n) is 9.25. The van der Waals surface area contributed by atoms with Gasteiger partial charge in [0, 0.05) is 27.9 Å². The van der Waals surface area contributed by atoms with Crippen LogP contribution in [0, 0.1) is 5.41 Å². The molecule has 3 aromatic carbocycles. The minimum Gasteiger partial charge on any atom is -0.481 e. The first-order valence-electron chi connectivity index (χ1n) is 11.9. The molecule has 10 heteroatoms. The Bertz CT molecular complexity index is 1410. The number of halogens is 4. The van der Waals surface area contributed by atoms with E-state index >= 15 is 0 Å². The summed E-state index contributed by atoms with van der Waals surface area (Å²) in [6.45, 7) is 1.83. The van der Waals surface area contributed by atoms with Crippen molar-refractivity contribution in [2.45, 2.75) is 38.8 Å². The third kappa shape index (κ3) is 5.67. The standard InChI is InChI=1S/C28H24ClF3N2O4/c1-2-27(15-24(35)36)12-11-17-13-16(3-9-22(17)25(27)37)21-10-8-20(14-23(21)29)34-26(38)33-19-6-4-18(5-7-19)28(30,31)32/h3-10,13-14H,2,11-12,15H2,1H3,(H,35,36)(H2,33,34,38). The molecule has 0 saturated carbocycles. The molecule has 198 valence electrons. The van der Waals surface area contributed by atoms with E-state index in [2.05, 4.69) is 10.6 Å². The molecule has 2 amide bonds. The molecule has 3 aromatic rings. The van der Waals surface area contributed by atoms with E-state index in [-0.39, 0.29) is 17.9 Å². The fraction of sp³-hybridized carbons (Fsp3) is 0.250. The van der Waals surface area contributed by atoms with Crippen LogP contribution in [-0.2, 0) is 17.4 Å². The van der Waals surface area contributed by atoms with E-state index in [4.69, 9.17) is 11.6 Å². The number of ketones is 1. The number of aryl methyl sites for hydroxylation is 1. The highest BCUT2D eigenvalue weighted by atomic mass is 35.5. The summed E-state index contributed by atoms with van der Waals surface area (Å²) in [6, 6.07) is 13.6. The van der Waals surface area contributed by atoms with Gasteiger partial charge >= 0.3 is 18.2 Å². The molecule has 1 unspecified atom stereocenters. The predicted molar refractivity (Wildman–Crippen MR) is 139 cm³/mol. The second-order valence-corrected chi connectivity index (χ2v) is 9.66. The van der Waals surface area contributed by atoms with Crippen molar-refractivity contribution in [2.24, 2.45) is 5.41 Å². The zero-order valence-electron chi connectivity index (χ0n) is 20.3. The van der Waals surface area contributed by atoms with E-state index in [1.54, 1.807) is 30.3 Å². The van der Waals surface area contributed by atoms with Crippen LogP contribution >= 0.6 is 11.6 Å². The first-order valence-corrected chi connectivity index (χ1v) is 12.2. The van der Waals surface area contributed by atoms with Crippen molar-refractivity contribution in [3.05, 3.63) is 82.4 Å². The number of fused-ring (bicyclic) bond motifs is 1. The molecule has 0 saturated heterocycles. The van der Waals surface area contributed by atoms with Gasteiger partial charge in [-0.25, -0.2) is 4.79 Å². The summed E-state index contributed by atoms with van der Waals surface area (Å²) >= 11 is 6.49. The lowest BCUT2D eigenvalue weighted by Gasteiger charge is -2.35. The van der Waals surface area contributed by atoms with Gasteiger partial charge in [-0.2, -0.15) is 13.2 Å². The van der Waals surface area contributed by atoms with Crippen LogP contribution < -0.4 is 10.6 Å². The van der Waals surface area contributed by atoms with E-state index < -0.39 is 29.2 Å². The Morgan fingerprint density at radius 1 is 0.974 bits per heavy atom. The lowest BCUT2D eigenvalue weighted by atomic mass is 9.67. The first-order chi connectivity index (χ1) is 17.9. The maximum Gasteiger partial charge on any atom is 0.416 e. The van der Waals surface area contributed by atoms with E-state index in [0.29, 0.717) is 41.1 Å². The normalized spacial score (nSPS) is 17.0. The molecule has 0 radical (unpaired) electrons. The number of Topliss-reactive ketones (excluding diaryl/α,β-unsaturated/α-hetero) is 1. The molecule has 0 heterocycles. The number of carboxylic acids is 1. The Balaban J connectivity index is 1.47. The molecule has 0 aliphatic heterocycles. The van der Waals surface area contributed by atoms with Crippen molar-refractivity contribution in [1.29, 1.82) is 0 Å². The summed E-state index contributed by atoms with van der Waals surface area (Å²) in [5, 5.41) is 14.7. The van der Waals surface area contributed by atoms with Gasteiger partial charge in [0.25, 0.3) is 0 Å². The lowest BCUT2D eigenvalue weighted by molar-refractivity contribution is -0.139. The number of hydrogen-bond acceptors (Lipinski definition) is 3. The van der Waals surface area contributed by atoms with E-state index in [9.17, 15) is 32.7 Å². The Labute approximate surface area is 221 Å². The van der Waals surface area contributed by atoms with Gasteiger partial charge in [-0.1, -0.05) is 42.8 Å². The zero-order valence-corrected chi connectivity index (χ0v) is 21.0. The van der Waals surface area contributed by atoms with Gasteiger partial charge in [-0.3, -0.25) is 9.59 Å². The van der Waals surface area contributed by atoms with Gasteiger partial charge in [0.2, 0.25) is 0 Å². The highest BCUT2D eigenvalue weighted by Gasteiger charge is 2.42. The van der Waals surface area contributed by atoms with Crippen LogP contribution in [0.15, 0.2) is 60.7 Å². The highest BCUT2D eigenvalue weighted by Crippen LogP contribution is 2.42. The molecule has 0 spiro atoms. The largest absolute Gasteiger partial charge is 0.481 e. The summed E-state index contributed by atoms with van der Waals surface area (Å²) in [5.74, 6) is -1.14. The monoisotopic (exact) mass is 544 g/mol. The van der Waals surface area contributed by atoms with E-state index in [0.717, 1.165) is 35.4 Å². The number of rotatable bonds is 6. The summed E-state index contributed by atoms with van der Waals surface area (Å²) < 4.78 is 38.1. The molecule has 1 aliphatic carbocycles. The average molecular weight is 545 g/mol. The number of anilines is 2. The summed E-state index contributed by atoms with van der Waals surface area (Å²) in [7, 11) is 0. The van der Waals surface area contributed by atoms with Crippen molar-refractivity contribution in [2.75, 3.05) is 10.6 Å². The number of carbonyl (C=O) groups excluding carboxylic acids is 2. The number of carbonyl (C=O) groups is 3. The quantitative estimate of drug-likeness (QED) is 0.297. The van der Waals surface area contributed by atoms with Crippen LogP contribution in [0.4, 0.5) is 29.3 Å². The highest BCUT2D eigenvalue weighted by molar-refractivity contribution is 6.33. The number of benzene rings is 3. The van der Waals surface area contributed by atoms with Crippen LogP contribution in [0.1, 0.15) is 47.7 Å². The number of hydrogen-bond donors (Lipinski definition) is 3. The second kappa shape index (κ2) is 10.5. The lowest BCUT2D eigenvalue weighted by Crippen LogP contribution is -2.37. The number of nitrogens with one attached hydrogen (secondary N) is 2. The SMILES string of the molecule is CCC1(CC(=O)O)CCc2cc(-c3ccc(NC(=O)Nc4ccc(C(F)(F)F)cc4)cc3Cl)ccc2C1=O. The molecule has 1 atom stereocenters. The third-order valence-corrected chi connectivity index (χ3v) is 7.19. The number of carboxylic acid groups (broad SMARTS) is 1. The molecular formula is C28H24ClF3N2O4. The number of aliphatic carboxylic acids is 1.